The average molecular weight is 302 g/mol. The summed E-state index contributed by atoms with van der Waals surface area (Å²) in [5.74, 6) is -0.475. The number of imidazole rings is 1. The van der Waals surface area contributed by atoms with Crippen LogP contribution in [0.5, 0.6) is 0 Å². The third-order valence-corrected chi connectivity index (χ3v) is 3.36. The van der Waals surface area contributed by atoms with Crippen LogP contribution in [0.4, 0.5) is 0 Å². The first-order chi connectivity index (χ1) is 10.5. The summed E-state index contributed by atoms with van der Waals surface area (Å²) < 4.78 is 5.11. The highest BCUT2D eigenvalue weighted by atomic mass is 16.2. The second-order valence-electron chi connectivity index (χ2n) is 4.89. The van der Waals surface area contributed by atoms with Crippen molar-refractivity contribution in [2.75, 3.05) is 5.43 Å². The molecule has 1 amide bonds. The molecule has 0 atom stereocenters. The van der Waals surface area contributed by atoms with E-state index in [9.17, 15) is 14.4 Å². The topological polar surface area (TPSA) is 95.8 Å². The van der Waals surface area contributed by atoms with Crippen LogP contribution >= 0.6 is 0 Å². The van der Waals surface area contributed by atoms with Gasteiger partial charge in [0.25, 0.3) is 11.5 Å². The van der Waals surface area contributed by atoms with Gasteiger partial charge in [-0.05, 0) is 12.1 Å². The Morgan fingerprint density at radius 1 is 1.23 bits per heavy atom. The van der Waals surface area contributed by atoms with E-state index in [1.165, 1.54) is 27.2 Å². The number of amides is 1. The molecule has 114 valence electrons. The third kappa shape index (κ3) is 2.12. The van der Waals surface area contributed by atoms with E-state index in [2.05, 4.69) is 10.4 Å². The molecule has 0 aliphatic heterocycles. The van der Waals surface area contributed by atoms with Crippen molar-refractivity contribution in [2.24, 2.45) is 14.1 Å². The van der Waals surface area contributed by atoms with Crippen LogP contribution in [0.3, 0.4) is 0 Å². The largest absolute Gasteiger partial charge is 0.332 e. The number of fused-ring (bicyclic) bond motifs is 1. The minimum Gasteiger partial charge on any atom is -0.328 e. The predicted molar refractivity (Wildman–Crippen MR) is 79.0 cm³/mol. The number of nitrogens with one attached hydrogen (secondary N) is 1. The molecule has 0 bridgehead atoms. The molecule has 0 fully saturated rings. The Balaban J connectivity index is 2.04. The molecule has 0 radical (unpaired) electrons. The van der Waals surface area contributed by atoms with E-state index < -0.39 is 17.2 Å². The molecule has 0 aromatic carbocycles. The zero-order chi connectivity index (χ0) is 15.9. The van der Waals surface area contributed by atoms with Gasteiger partial charge in [0.2, 0.25) is 0 Å². The summed E-state index contributed by atoms with van der Waals surface area (Å²) in [6.45, 7) is -0.370. The van der Waals surface area contributed by atoms with Crippen LogP contribution < -0.4 is 16.7 Å². The van der Waals surface area contributed by atoms with E-state index in [0.29, 0.717) is 5.65 Å². The van der Waals surface area contributed by atoms with Gasteiger partial charge in [-0.25, -0.2) is 14.3 Å². The SMILES string of the molecule is Cn1cnc2c1c(=O)n(CC(=O)Nn1cccc1)c(=O)n2C. The minimum absolute atomic E-state index is 0.274. The maximum absolute atomic E-state index is 12.4. The van der Waals surface area contributed by atoms with Gasteiger partial charge in [-0.15, -0.1) is 0 Å². The molecule has 3 heterocycles. The van der Waals surface area contributed by atoms with Crippen molar-refractivity contribution in [1.29, 1.82) is 0 Å². The van der Waals surface area contributed by atoms with E-state index in [1.807, 2.05) is 0 Å². The van der Waals surface area contributed by atoms with E-state index in [0.717, 1.165) is 4.57 Å². The van der Waals surface area contributed by atoms with Gasteiger partial charge in [0.15, 0.2) is 11.2 Å². The molecular weight excluding hydrogens is 288 g/mol. The lowest BCUT2D eigenvalue weighted by molar-refractivity contribution is -0.117. The highest BCUT2D eigenvalue weighted by Gasteiger charge is 2.16. The second kappa shape index (κ2) is 5.02. The first kappa shape index (κ1) is 13.9. The Morgan fingerprint density at radius 3 is 2.59 bits per heavy atom. The molecule has 0 unspecified atom stereocenters. The normalized spacial score (nSPS) is 11.0. The fourth-order valence-electron chi connectivity index (χ4n) is 2.27. The first-order valence-corrected chi connectivity index (χ1v) is 6.52. The number of carbonyl (C=O) groups excluding carboxylic acids is 1. The molecule has 0 aliphatic rings. The van der Waals surface area contributed by atoms with E-state index in [-0.39, 0.29) is 12.1 Å². The van der Waals surface area contributed by atoms with Crippen molar-refractivity contribution in [3.63, 3.8) is 0 Å². The molecule has 3 rings (SSSR count). The zero-order valence-corrected chi connectivity index (χ0v) is 12.1. The van der Waals surface area contributed by atoms with Crippen LogP contribution in [-0.4, -0.2) is 29.3 Å². The predicted octanol–water partition coefficient (Wildman–Crippen LogP) is -0.994. The van der Waals surface area contributed by atoms with Gasteiger partial charge in [-0.2, -0.15) is 0 Å². The fraction of sp³-hybridized carbons (Fsp3) is 0.231. The molecule has 0 saturated heterocycles. The molecule has 22 heavy (non-hydrogen) atoms. The number of carbonyl (C=O) groups is 1. The number of aryl methyl sites for hydroxylation is 2. The molecule has 9 heteroatoms. The van der Waals surface area contributed by atoms with Gasteiger partial charge < -0.3 is 4.57 Å². The Morgan fingerprint density at radius 2 is 1.91 bits per heavy atom. The monoisotopic (exact) mass is 302 g/mol. The Bertz CT molecular complexity index is 960. The number of rotatable bonds is 3. The molecule has 3 aromatic heterocycles. The summed E-state index contributed by atoms with van der Waals surface area (Å²) in [5, 5.41) is 0. The van der Waals surface area contributed by atoms with Crippen LogP contribution in [0, 0.1) is 0 Å². The Hall–Kier alpha value is -3.10. The lowest BCUT2D eigenvalue weighted by atomic mass is 10.4. The minimum atomic E-state index is -0.584. The van der Waals surface area contributed by atoms with Gasteiger partial charge in [0.1, 0.15) is 6.54 Å². The van der Waals surface area contributed by atoms with Crippen molar-refractivity contribution in [2.45, 2.75) is 6.54 Å². The summed E-state index contributed by atoms with van der Waals surface area (Å²) in [5.41, 5.74) is 1.99. The van der Waals surface area contributed by atoms with Crippen molar-refractivity contribution in [3.05, 3.63) is 51.7 Å². The molecular formula is C13H14N6O3. The van der Waals surface area contributed by atoms with Crippen LogP contribution in [0.25, 0.3) is 11.2 Å². The van der Waals surface area contributed by atoms with Crippen LogP contribution in [-0.2, 0) is 25.4 Å². The molecule has 0 spiro atoms. The van der Waals surface area contributed by atoms with Gasteiger partial charge in [-0.1, -0.05) is 0 Å². The van der Waals surface area contributed by atoms with Gasteiger partial charge in [0.05, 0.1) is 6.33 Å². The van der Waals surface area contributed by atoms with E-state index in [4.69, 9.17) is 0 Å². The van der Waals surface area contributed by atoms with Gasteiger partial charge in [-0.3, -0.25) is 24.3 Å². The smallest absolute Gasteiger partial charge is 0.328 e. The quantitative estimate of drug-likeness (QED) is 0.671. The first-order valence-electron chi connectivity index (χ1n) is 6.52. The second-order valence-corrected chi connectivity index (χ2v) is 4.89. The van der Waals surface area contributed by atoms with Gasteiger partial charge >= 0.3 is 5.69 Å². The molecule has 0 saturated carbocycles. The molecule has 1 N–H and O–H groups in total. The van der Waals surface area contributed by atoms with Crippen molar-refractivity contribution < 1.29 is 4.79 Å². The zero-order valence-electron chi connectivity index (χ0n) is 12.1. The summed E-state index contributed by atoms with van der Waals surface area (Å²) in [6.07, 6.45) is 4.74. The van der Waals surface area contributed by atoms with Crippen molar-refractivity contribution in [3.8, 4) is 0 Å². The van der Waals surface area contributed by atoms with Crippen LogP contribution in [0.2, 0.25) is 0 Å². The fourth-order valence-corrected chi connectivity index (χ4v) is 2.27. The molecule has 3 aromatic rings. The van der Waals surface area contributed by atoms with Crippen LogP contribution in [0.1, 0.15) is 0 Å². The van der Waals surface area contributed by atoms with Crippen molar-refractivity contribution >= 4 is 17.1 Å². The summed E-state index contributed by atoms with van der Waals surface area (Å²) in [6, 6.07) is 3.49. The highest BCUT2D eigenvalue weighted by Crippen LogP contribution is 2.02. The summed E-state index contributed by atoms with van der Waals surface area (Å²) >= 11 is 0. The summed E-state index contributed by atoms with van der Waals surface area (Å²) in [4.78, 5) is 40.7. The maximum atomic E-state index is 12.4. The summed E-state index contributed by atoms with van der Waals surface area (Å²) in [7, 11) is 3.17. The Labute approximate surface area is 124 Å². The Kier molecular flexibility index (Phi) is 3.17. The average Bonchev–Trinajstić information content (AvgIpc) is 3.11. The number of hydrogen-bond acceptors (Lipinski definition) is 4. The lowest BCUT2D eigenvalue weighted by Gasteiger charge is -2.09. The van der Waals surface area contributed by atoms with Gasteiger partial charge in [0, 0.05) is 26.5 Å². The maximum Gasteiger partial charge on any atom is 0.332 e. The molecule has 0 aliphatic carbocycles. The standard InChI is InChI=1S/C13H14N6O3/c1-16-8-14-11-10(16)12(21)19(13(22)17(11)2)7-9(20)15-18-5-3-4-6-18/h3-6,8H,7H2,1-2H3,(H,15,20). The third-order valence-electron chi connectivity index (χ3n) is 3.36. The lowest BCUT2D eigenvalue weighted by Crippen LogP contribution is -2.43. The molecule has 9 nitrogen and oxygen atoms in total. The van der Waals surface area contributed by atoms with E-state index in [1.54, 1.807) is 31.6 Å². The highest BCUT2D eigenvalue weighted by molar-refractivity contribution is 5.83. The van der Waals surface area contributed by atoms with E-state index >= 15 is 0 Å². The number of aromatic nitrogens is 5. The number of nitrogens with zero attached hydrogens (tertiary/aromatic N) is 5. The van der Waals surface area contributed by atoms with Crippen LogP contribution in [0.15, 0.2) is 40.4 Å². The number of hydrogen-bond donors (Lipinski definition) is 1. The van der Waals surface area contributed by atoms with Crippen molar-refractivity contribution in [1.82, 2.24) is 23.4 Å².